The molecule has 3 aliphatic rings. The molecular formula is C19H17FN2O4S2. The second-order valence-corrected chi connectivity index (χ2v) is 10.0. The quantitative estimate of drug-likeness (QED) is 0.761. The summed E-state index contributed by atoms with van der Waals surface area (Å²) in [5.41, 5.74) is 1.39. The zero-order valence-electron chi connectivity index (χ0n) is 14.7. The molecule has 1 fully saturated rings. The molecule has 146 valence electrons. The van der Waals surface area contributed by atoms with E-state index < -0.39 is 9.84 Å². The molecule has 0 radical (unpaired) electrons. The molecule has 2 aromatic carbocycles. The summed E-state index contributed by atoms with van der Waals surface area (Å²) in [5, 5.41) is 0.701. The lowest BCUT2D eigenvalue weighted by Gasteiger charge is -2.26. The minimum absolute atomic E-state index is 0.0441. The summed E-state index contributed by atoms with van der Waals surface area (Å²) in [6.07, 6.45) is 0. The van der Waals surface area contributed by atoms with Crippen molar-refractivity contribution in [3.8, 4) is 11.5 Å². The van der Waals surface area contributed by atoms with Crippen LogP contribution in [0.3, 0.4) is 0 Å². The van der Waals surface area contributed by atoms with Gasteiger partial charge in [0.25, 0.3) is 0 Å². The SMILES string of the molecule is O=S1(=O)C[C@H]2N=C(SCc3ccccc3F)N(c3ccc4c(c3)OCO4)[C@H]2C1. The molecular weight excluding hydrogens is 403 g/mol. The Labute approximate surface area is 166 Å². The van der Waals surface area contributed by atoms with Crippen molar-refractivity contribution in [1.82, 2.24) is 0 Å². The first kappa shape index (κ1) is 17.8. The highest BCUT2D eigenvalue weighted by Gasteiger charge is 2.47. The second-order valence-electron chi connectivity index (χ2n) is 6.91. The van der Waals surface area contributed by atoms with E-state index in [0.717, 1.165) is 5.69 Å². The van der Waals surface area contributed by atoms with Crippen molar-refractivity contribution in [2.45, 2.75) is 17.8 Å². The van der Waals surface area contributed by atoms with Crippen LogP contribution in [-0.4, -0.2) is 44.0 Å². The molecule has 5 rings (SSSR count). The zero-order valence-corrected chi connectivity index (χ0v) is 16.4. The van der Waals surface area contributed by atoms with Crippen molar-refractivity contribution < 1.29 is 22.3 Å². The summed E-state index contributed by atoms with van der Waals surface area (Å²) in [7, 11) is -3.13. The van der Waals surface area contributed by atoms with Crippen molar-refractivity contribution >= 4 is 32.5 Å². The fraction of sp³-hybridized carbons (Fsp3) is 0.316. The van der Waals surface area contributed by atoms with Gasteiger partial charge < -0.3 is 14.4 Å². The van der Waals surface area contributed by atoms with E-state index in [0.29, 0.717) is 28.0 Å². The molecule has 2 aromatic rings. The minimum Gasteiger partial charge on any atom is -0.454 e. The Morgan fingerprint density at radius 2 is 1.96 bits per heavy atom. The number of sulfone groups is 1. The van der Waals surface area contributed by atoms with Gasteiger partial charge >= 0.3 is 0 Å². The lowest BCUT2D eigenvalue weighted by atomic mass is 10.1. The number of fused-ring (bicyclic) bond motifs is 2. The first-order valence-electron chi connectivity index (χ1n) is 8.83. The smallest absolute Gasteiger partial charge is 0.231 e. The van der Waals surface area contributed by atoms with E-state index in [4.69, 9.17) is 9.47 Å². The maximum atomic E-state index is 14.0. The van der Waals surface area contributed by atoms with E-state index in [1.165, 1.54) is 17.8 Å². The number of halogens is 1. The molecule has 0 N–H and O–H groups in total. The molecule has 28 heavy (non-hydrogen) atoms. The normalized spacial score (nSPS) is 24.3. The Hall–Kier alpha value is -2.26. The first-order chi connectivity index (χ1) is 13.5. The average molecular weight is 420 g/mol. The lowest BCUT2D eigenvalue weighted by Crippen LogP contribution is -2.39. The van der Waals surface area contributed by atoms with Crippen LogP contribution in [0.4, 0.5) is 10.1 Å². The number of aliphatic imine (C=N–C) groups is 1. The van der Waals surface area contributed by atoms with Crippen LogP contribution in [-0.2, 0) is 15.6 Å². The largest absolute Gasteiger partial charge is 0.454 e. The van der Waals surface area contributed by atoms with Gasteiger partial charge in [0.15, 0.2) is 26.5 Å². The van der Waals surface area contributed by atoms with Gasteiger partial charge in [0.05, 0.1) is 23.6 Å². The lowest BCUT2D eigenvalue weighted by molar-refractivity contribution is 0.174. The number of anilines is 1. The monoisotopic (exact) mass is 420 g/mol. The van der Waals surface area contributed by atoms with Crippen LogP contribution >= 0.6 is 11.8 Å². The fourth-order valence-electron chi connectivity index (χ4n) is 3.73. The Kier molecular flexibility index (Phi) is 4.24. The summed E-state index contributed by atoms with van der Waals surface area (Å²) in [5.74, 6) is 1.54. The van der Waals surface area contributed by atoms with Crippen molar-refractivity contribution in [3.63, 3.8) is 0 Å². The topological polar surface area (TPSA) is 68.2 Å². The number of nitrogens with zero attached hydrogens (tertiary/aromatic N) is 2. The van der Waals surface area contributed by atoms with Crippen molar-refractivity contribution in [3.05, 3.63) is 53.8 Å². The van der Waals surface area contributed by atoms with Gasteiger partial charge in [-0.2, -0.15) is 0 Å². The standard InChI is InChI=1S/C19H17FN2O4S2/c20-14-4-2-1-3-12(14)8-27-19-21-15-9-28(23,24)10-16(15)22(19)13-5-6-17-18(7-13)26-11-25-17/h1-7,15-16H,8-11H2/t15-,16+/m1/s1. The third-order valence-electron chi connectivity index (χ3n) is 5.06. The molecule has 3 heterocycles. The number of ether oxygens (including phenoxy) is 2. The molecule has 6 nitrogen and oxygen atoms in total. The first-order valence-corrected chi connectivity index (χ1v) is 11.6. The molecule has 0 spiro atoms. The number of thioether (sulfide) groups is 1. The van der Waals surface area contributed by atoms with Crippen LogP contribution in [0.1, 0.15) is 5.56 Å². The Morgan fingerprint density at radius 1 is 1.14 bits per heavy atom. The number of benzene rings is 2. The van der Waals surface area contributed by atoms with Crippen LogP contribution in [0, 0.1) is 5.82 Å². The molecule has 2 atom stereocenters. The van der Waals surface area contributed by atoms with E-state index in [-0.39, 0.29) is 36.2 Å². The second kappa shape index (κ2) is 6.66. The van der Waals surface area contributed by atoms with Crippen LogP contribution in [0.15, 0.2) is 47.5 Å². The van der Waals surface area contributed by atoms with Crippen LogP contribution in [0.2, 0.25) is 0 Å². The van der Waals surface area contributed by atoms with E-state index >= 15 is 0 Å². The van der Waals surface area contributed by atoms with Gasteiger partial charge in [0.1, 0.15) is 5.82 Å². The minimum atomic E-state index is -3.13. The summed E-state index contributed by atoms with van der Waals surface area (Å²) in [4.78, 5) is 6.62. The molecule has 9 heteroatoms. The maximum absolute atomic E-state index is 14.0. The molecule has 0 saturated carbocycles. The maximum Gasteiger partial charge on any atom is 0.231 e. The van der Waals surface area contributed by atoms with Crippen molar-refractivity contribution in [2.24, 2.45) is 4.99 Å². The highest BCUT2D eigenvalue weighted by Crippen LogP contribution is 2.41. The Balaban J connectivity index is 1.46. The Bertz CT molecular complexity index is 1070. The molecule has 0 bridgehead atoms. The van der Waals surface area contributed by atoms with Crippen LogP contribution < -0.4 is 14.4 Å². The third-order valence-corrected chi connectivity index (χ3v) is 7.77. The fourth-order valence-corrected chi connectivity index (χ4v) is 6.68. The summed E-state index contributed by atoms with van der Waals surface area (Å²) < 4.78 is 49.1. The predicted octanol–water partition coefficient (Wildman–Crippen LogP) is 2.83. The highest BCUT2D eigenvalue weighted by atomic mass is 32.2. The number of hydrogen-bond acceptors (Lipinski definition) is 7. The molecule has 0 aliphatic carbocycles. The number of rotatable bonds is 3. The van der Waals surface area contributed by atoms with Crippen molar-refractivity contribution in [1.29, 1.82) is 0 Å². The van der Waals surface area contributed by atoms with E-state index in [2.05, 4.69) is 4.99 Å². The molecule has 3 aliphatic heterocycles. The van der Waals surface area contributed by atoms with Gasteiger partial charge in [0, 0.05) is 17.5 Å². The summed E-state index contributed by atoms with van der Waals surface area (Å²) in [6.45, 7) is 0.169. The van der Waals surface area contributed by atoms with Crippen LogP contribution in [0.25, 0.3) is 0 Å². The third kappa shape index (κ3) is 3.12. The van der Waals surface area contributed by atoms with Gasteiger partial charge in [-0.3, -0.25) is 4.99 Å². The van der Waals surface area contributed by atoms with Crippen LogP contribution in [0.5, 0.6) is 11.5 Å². The van der Waals surface area contributed by atoms with Gasteiger partial charge in [0.2, 0.25) is 6.79 Å². The van der Waals surface area contributed by atoms with Gasteiger partial charge in [-0.1, -0.05) is 30.0 Å². The molecule has 0 unspecified atom stereocenters. The van der Waals surface area contributed by atoms with E-state index in [1.807, 2.05) is 23.1 Å². The molecule has 0 amide bonds. The number of hydrogen-bond donors (Lipinski definition) is 0. The van der Waals surface area contributed by atoms with E-state index in [1.54, 1.807) is 18.2 Å². The van der Waals surface area contributed by atoms with Gasteiger partial charge in [-0.25, -0.2) is 12.8 Å². The summed E-state index contributed by atoms with van der Waals surface area (Å²) >= 11 is 1.41. The average Bonchev–Trinajstić information content (AvgIpc) is 3.32. The Morgan fingerprint density at radius 3 is 2.82 bits per heavy atom. The van der Waals surface area contributed by atoms with E-state index in [9.17, 15) is 12.8 Å². The van der Waals surface area contributed by atoms with Gasteiger partial charge in [-0.15, -0.1) is 0 Å². The van der Waals surface area contributed by atoms with Gasteiger partial charge in [-0.05, 0) is 23.8 Å². The number of amidine groups is 1. The van der Waals surface area contributed by atoms with Crippen molar-refractivity contribution in [2.75, 3.05) is 23.2 Å². The highest BCUT2D eigenvalue weighted by molar-refractivity contribution is 8.13. The predicted molar refractivity (Wildman–Crippen MR) is 106 cm³/mol. The summed E-state index contributed by atoms with van der Waals surface area (Å²) in [6, 6.07) is 11.6. The molecule has 1 saturated heterocycles. The molecule has 0 aromatic heterocycles. The zero-order chi connectivity index (χ0) is 19.3.